The predicted octanol–water partition coefficient (Wildman–Crippen LogP) is 0.568. The van der Waals surface area contributed by atoms with Crippen LogP contribution in [0.2, 0.25) is 4.31 Å². The average Bonchev–Trinajstić information content (AvgIpc) is 3.02. The summed E-state index contributed by atoms with van der Waals surface area (Å²) in [4.78, 5) is 62.0. The van der Waals surface area contributed by atoms with Gasteiger partial charge in [-0.1, -0.05) is 0 Å². The molecule has 1 aromatic rings. The van der Waals surface area contributed by atoms with Crippen LogP contribution in [0, 0.1) is 10.1 Å². The molecule has 3 rings (SSSR count). The molecule has 2 saturated heterocycles. The number of amides is 1. The molecular weight excluding hydrogens is 479 g/mol. The number of β-lactam (4-membered cyclic amide) rings is 1. The van der Waals surface area contributed by atoms with Crippen LogP contribution >= 0.6 is 0 Å². The van der Waals surface area contributed by atoms with E-state index in [1.165, 1.54) is 29.2 Å². The number of benzene rings is 1. The summed E-state index contributed by atoms with van der Waals surface area (Å²) in [5, 5.41) is 10.8. The minimum absolute atomic E-state index is 0.0146. The number of esters is 3. The van der Waals surface area contributed by atoms with E-state index >= 15 is 0 Å². The molecule has 2 aliphatic rings. The third kappa shape index (κ3) is 4.00. The number of nitro benzene ring substituents is 1. The van der Waals surface area contributed by atoms with Crippen LogP contribution in [0.4, 0.5) is 5.69 Å². The van der Waals surface area contributed by atoms with Gasteiger partial charge in [0.25, 0.3) is 0 Å². The number of ether oxygens (including phenoxy) is 3. The van der Waals surface area contributed by atoms with Crippen LogP contribution in [0.3, 0.4) is 0 Å². The summed E-state index contributed by atoms with van der Waals surface area (Å²) >= 11 is -0.795. The normalized spacial score (nSPS) is 21.0. The van der Waals surface area contributed by atoms with E-state index in [4.69, 9.17) is 14.2 Å². The van der Waals surface area contributed by atoms with Crippen molar-refractivity contribution in [3.05, 3.63) is 39.9 Å². The van der Waals surface area contributed by atoms with E-state index in [2.05, 4.69) is 0 Å². The Bertz CT molecular complexity index is 899. The molecule has 0 unspecified atom stereocenters. The van der Waals surface area contributed by atoms with Gasteiger partial charge >= 0.3 is 183 Å². The second-order valence-electron chi connectivity index (χ2n) is 6.69. The fourth-order valence-corrected chi connectivity index (χ4v) is 6.87. The van der Waals surface area contributed by atoms with Crippen molar-refractivity contribution in [1.82, 2.24) is 4.90 Å². The molecule has 0 aliphatic carbocycles. The van der Waals surface area contributed by atoms with Crippen molar-refractivity contribution < 1.29 is 38.3 Å². The van der Waals surface area contributed by atoms with Crippen LogP contribution in [-0.2, 0) is 40.0 Å². The summed E-state index contributed by atoms with van der Waals surface area (Å²) < 4.78 is 13.6. The molecule has 0 bridgehead atoms. The van der Waals surface area contributed by atoms with Crippen LogP contribution in [0.15, 0.2) is 24.3 Å². The van der Waals surface area contributed by atoms with Gasteiger partial charge in [-0.15, -0.1) is 0 Å². The number of non-ortho nitro benzene ring substituents is 1. The van der Waals surface area contributed by atoms with Gasteiger partial charge < -0.3 is 0 Å². The average molecular weight is 499 g/mol. The molecule has 2 heterocycles. The van der Waals surface area contributed by atoms with Gasteiger partial charge in [0, 0.05) is 0 Å². The van der Waals surface area contributed by atoms with Gasteiger partial charge in [-0.05, 0) is 0 Å². The first-order chi connectivity index (χ1) is 14.8. The van der Waals surface area contributed by atoms with Crippen molar-refractivity contribution in [2.45, 2.75) is 42.2 Å². The second kappa shape index (κ2) is 9.03. The Balaban J connectivity index is 1.87. The molecule has 0 N–H and O–H groups in total. The van der Waals surface area contributed by atoms with Gasteiger partial charge in [-0.3, -0.25) is 0 Å². The van der Waals surface area contributed by atoms with E-state index in [1.807, 2.05) is 0 Å². The Morgan fingerprint density at radius 2 is 1.71 bits per heavy atom. The third-order valence-corrected chi connectivity index (χ3v) is 8.19. The van der Waals surface area contributed by atoms with E-state index in [9.17, 15) is 29.3 Å². The summed E-state index contributed by atoms with van der Waals surface area (Å²) in [6.45, 7) is 2.86. The van der Waals surface area contributed by atoms with Gasteiger partial charge in [0.15, 0.2) is 0 Å². The topological polar surface area (TPSA) is 142 Å². The second-order valence-corrected chi connectivity index (χ2v) is 9.68. The van der Waals surface area contributed by atoms with E-state index in [1.54, 1.807) is 13.8 Å². The van der Waals surface area contributed by atoms with Gasteiger partial charge in [0.1, 0.15) is 0 Å². The molecule has 0 aromatic heterocycles. The molecule has 0 saturated carbocycles. The number of carbonyl (C=O) groups excluding carboxylic acids is 4. The third-order valence-electron chi connectivity index (χ3n) is 4.84. The summed E-state index contributed by atoms with van der Waals surface area (Å²) in [6.07, 6.45) is 0.132. The maximum atomic E-state index is 13.0. The van der Waals surface area contributed by atoms with Gasteiger partial charge in [-0.25, -0.2) is 0 Å². The number of hydrogen-bond acceptors (Lipinski definition) is 9. The molecule has 0 spiro atoms. The van der Waals surface area contributed by atoms with Crippen LogP contribution in [0.1, 0.15) is 25.8 Å². The van der Waals surface area contributed by atoms with E-state index in [-0.39, 0.29) is 37.8 Å². The Hall–Kier alpha value is -2.98. The van der Waals surface area contributed by atoms with Gasteiger partial charge in [0.2, 0.25) is 0 Å². The zero-order valence-electron chi connectivity index (χ0n) is 16.8. The van der Waals surface area contributed by atoms with E-state index < -0.39 is 53.1 Å². The van der Waals surface area contributed by atoms with E-state index in [0.717, 1.165) is 0 Å². The molecule has 31 heavy (non-hydrogen) atoms. The summed E-state index contributed by atoms with van der Waals surface area (Å²) in [6, 6.07) is 3.89. The Morgan fingerprint density at radius 1 is 1.13 bits per heavy atom. The molecule has 2 aliphatic heterocycles. The number of fused-ring (bicyclic) bond motifs is 1. The van der Waals surface area contributed by atoms with Gasteiger partial charge in [0.05, 0.1) is 0 Å². The monoisotopic (exact) mass is 500 g/mol. The SMILES string of the molecule is CCOC(=O)C1(C(=O)OCC)[Se][C@H]2CC(=O)N2[C@@H]1C(=O)OCc1ccc([N+](=O)[O-])cc1. The minimum atomic E-state index is -1.94. The number of nitro groups is 1. The standard InChI is InChI=1S/C19H20N2O9Se/c1-3-28-17(24)19(18(25)29-4-2)15(20-13(22)9-14(20)31-19)16(23)30-10-11-5-7-12(8-6-11)21(26)27/h5-8,14-15H,3-4,9-10H2,1-2H3/t14-,15+/m0/s1. The van der Waals surface area contributed by atoms with Crippen molar-refractivity contribution in [3.63, 3.8) is 0 Å². The molecule has 1 aromatic carbocycles. The fourth-order valence-electron chi connectivity index (χ4n) is 3.39. The Labute approximate surface area is 183 Å². The molecule has 12 heteroatoms. The Kier molecular flexibility index (Phi) is 6.61. The van der Waals surface area contributed by atoms with Crippen LogP contribution < -0.4 is 0 Å². The first-order valence-corrected chi connectivity index (χ1v) is 11.3. The zero-order valence-corrected chi connectivity index (χ0v) is 18.5. The van der Waals surface area contributed by atoms with Gasteiger partial charge in [-0.2, -0.15) is 0 Å². The van der Waals surface area contributed by atoms with E-state index in [0.29, 0.717) is 5.56 Å². The maximum absolute atomic E-state index is 13.0. The quantitative estimate of drug-likeness (QED) is 0.0954. The zero-order chi connectivity index (χ0) is 22.8. The van der Waals surface area contributed by atoms with Crippen LogP contribution in [0.25, 0.3) is 0 Å². The molecule has 11 nitrogen and oxygen atoms in total. The molecule has 0 radical (unpaired) electrons. The molecule has 2 fully saturated rings. The van der Waals surface area contributed by atoms with Crippen molar-refractivity contribution >= 4 is 44.5 Å². The number of hydrogen-bond donors (Lipinski definition) is 0. The van der Waals surface area contributed by atoms with Crippen LogP contribution in [0.5, 0.6) is 0 Å². The fraction of sp³-hybridized carbons (Fsp3) is 0.474. The number of rotatable bonds is 8. The van der Waals surface area contributed by atoms with Crippen molar-refractivity contribution in [2.24, 2.45) is 0 Å². The van der Waals surface area contributed by atoms with Crippen molar-refractivity contribution in [2.75, 3.05) is 13.2 Å². The summed E-state index contributed by atoms with van der Waals surface area (Å²) in [5.41, 5.74) is 0.345. The summed E-state index contributed by atoms with van der Waals surface area (Å²) in [7, 11) is 0. The number of carbonyl (C=O) groups is 4. The van der Waals surface area contributed by atoms with Crippen molar-refractivity contribution in [1.29, 1.82) is 0 Å². The first-order valence-electron chi connectivity index (χ1n) is 9.49. The van der Waals surface area contributed by atoms with Crippen molar-refractivity contribution in [3.8, 4) is 0 Å². The number of nitrogens with zero attached hydrogens (tertiary/aromatic N) is 2. The summed E-state index contributed by atoms with van der Waals surface area (Å²) in [5.74, 6) is -3.11. The Morgan fingerprint density at radius 3 is 2.19 bits per heavy atom. The van der Waals surface area contributed by atoms with Crippen LogP contribution in [-0.4, -0.2) is 72.8 Å². The molecular formula is C19H20N2O9Se. The molecule has 1 amide bonds. The molecule has 2 atom stereocenters. The first kappa shape index (κ1) is 22.7. The predicted molar refractivity (Wildman–Crippen MR) is 104 cm³/mol. The molecule has 166 valence electrons.